The zero-order valence-electron chi connectivity index (χ0n) is 16.9. The van der Waals surface area contributed by atoms with Crippen LogP contribution in [0.25, 0.3) is 21.9 Å². The van der Waals surface area contributed by atoms with Crippen molar-refractivity contribution in [2.75, 3.05) is 6.54 Å². The predicted octanol–water partition coefficient (Wildman–Crippen LogP) is 4.82. The Morgan fingerprint density at radius 1 is 1.00 bits per heavy atom. The summed E-state index contributed by atoms with van der Waals surface area (Å²) in [5.74, 6) is 0. The molecule has 1 atom stereocenters. The standard InChI is InChI=1S/C26H21N3O2/c30-26-17(16-31-23-11-4-2-8-20(23)26)15-29-14-12-19-18-7-1-3-9-21(18)28-24(19)25(29)22-10-5-6-13-27-22/h1-11,13,16,25,28H,12,14-15H2/t25-/m0/s1. The minimum Gasteiger partial charge on any atom is -0.464 e. The van der Waals surface area contributed by atoms with E-state index in [1.165, 1.54) is 10.9 Å². The van der Waals surface area contributed by atoms with Gasteiger partial charge in [-0.05, 0) is 42.3 Å². The van der Waals surface area contributed by atoms with Crippen LogP contribution < -0.4 is 5.43 Å². The smallest absolute Gasteiger partial charge is 0.197 e. The van der Waals surface area contributed by atoms with Gasteiger partial charge in [-0.25, -0.2) is 0 Å². The molecule has 0 bridgehead atoms. The maximum atomic E-state index is 13.1. The van der Waals surface area contributed by atoms with Gasteiger partial charge in [0.2, 0.25) is 0 Å². The number of fused-ring (bicyclic) bond motifs is 4. The number of benzene rings is 2. The summed E-state index contributed by atoms with van der Waals surface area (Å²) in [6, 6.07) is 21.8. The fraction of sp³-hybridized carbons (Fsp3) is 0.154. The van der Waals surface area contributed by atoms with E-state index < -0.39 is 0 Å². The summed E-state index contributed by atoms with van der Waals surface area (Å²) in [4.78, 5) is 23.8. The molecule has 1 aliphatic rings. The van der Waals surface area contributed by atoms with E-state index in [4.69, 9.17) is 4.42 Å². The van der Waals surface area contributed by atoms with Gasteiger partial charge in [0.05, 0.1) is 23.4 Å². The zero-order chi connectivity index (χ0) is 20.8. The van der Waals surface area contributed by atoms with E-state index in [0.717, 1.165) is 29.9 Å². The number of hydrogen-bond donors (Lipinski definition) is 1. The predicted molar refractivity (Wildman–Crippen MR) is 121 cm³/mol. The molecule has 0 spiro atoms. The minimum atomic E-state index is -0.0526. The highest BCUT2D eigenvalue weighted by Crippen LogP contribution is 2.38. The number of nitrogens with one attached hydrogen (secondary N) is 1. The van der Waals surface area contributed by atoms with Crippen molar-refractivity contribution in [2.45, 2.75) is 19.0 Å². The van der Waals surface area contributed by atoms with Gasteiger partial charge in [0.1, 0.15) is 5.58 Å². The fourth-order valence-corrected chi connectivity index (χ4v) is 4.78. The van der Waals surface area contributed by atoms with Crippen molar-refractivity contribution in [3.8, 4) is 0 Å². The second-order valence-corrected chi connectivity index (χ2v) is 8.03. The van der Waals surface area contributed by atoms with Crippen LogP contribution in [0, 0.1) is 0 Å². The van der Waals surface area contributed by atoms with Crippen molar-refractivity contribution < 1.29 is 4.42 Å². The molecule has 3 aromatic heterocycles. The number of nitrogens with zero attached hydrogens (tertiary/aromatic N) is 2. The summed E-state index contributed by atoms with van der Waals surface area (Å²) >= 11 is 0. The summed E-state index contributed by atoms with van der Waals surface area (Å²) < 4.78 is 5.77. The maximum absolute atomic E-state index is 13.1. The van der Waals surface area contributed by atoms with Gasteiger partial charge in [0, 0.05) is 41.4 Å². The van der Waals surface area contributed by atoms with E-state index in [2.05, 4.69) is 45.2 Å². The van der Waals surface area contributed by atoms with Crippen molar-refractivity contribution in [1.29, 1.82) is 0 Å². The number of H-pyrrole nitrogens is 1. The van der Waals surface area contributed by atoms with Crippen LogP contribution >= 0.6 is 0 Å². The van der Waals surface area contributed by atoms with Gasteiger partial charge < -0.3 is 9.40 Å². The molecule has 2 aromatic carbocycles. The molecule has 0 fully saturated rings. The lowest BCUT2D eigenvalue weighted by Crippen LogP contribution is -2.37. The molecule has 0 radical (unpaired) electrons. The highest BCUT2D eigenvalue weighted by Gasteiger charge is 2.33. The van der Waals surface area contributed by atoms with Gasteiger partial charge in [-0.15, -0.1) is 0 Å². The average Bonchev–Trinajstić information content (AvgIpc) is 3.20. The lowest BCUT2D eigenvalue weighted by Gasteiger charge is -2.35. The Balaban J connectivity index is 1.47. The van der Waals surface area contributed by atoms with E-state index >= 15 is 0 Å². The van der Waals surface area contributed by atoms with E-state index in [1.807, 2.05) is 42.6 Å². The number of hydrogen-bond acceptors (Lipinski definition) is 4. The van der Waals surface area contributed by atoms with Gasteiger partial charge in [-0.2, -0.15) is 0 Å². The van der Waals surface area contributed by atoms with Gasteiger partial charge in [-0.1, -0.05) is 36.4 Å². The average molecular weight is 407 g/mol. The molecule has 1 aliphatic heterocycles. The SMILES string of the molecule is O=c1c(CN2CCc3c([nH]c4ccccc34)[C@@H]2c2ccccn2)coc2ccccc12. The normalized spacial score (nSPS) is 16.6. The molecule has 5 heteroatoms. The number of pyridine rings is 1. The van der Waals surface area contributed by atoms with E-state index in [9.17, 15) is 4.79 Å². The van der Waals surface area contributed by atoms with Crippen LogP contribution in [-0.4, -0.2) is 21.4 Å². The molecule has 0 saturated heterocycles. The van der Waals surface area contributed by atoms with Crippen LogP contribution in [0.5, 0.6) is 0 Å². The zero-order valence-corrected chi connectivity index (χ0v) is 16.9. The maximum Gasteiger partial charge on any atom is 0.197 e. The first kappa shape index (κ1) is 18.1. The lowest BCUT2D eigenvalue weighted by atomic mass is 9.94. The topological polar surface area (TPSA) is 62.1 Å². The first-order valence-corrected chi connectivity index (χ1v) is 10.5. The fourth-order valence-electron chi connectivity index (χ4n) is 4.78. The Morgan fingerprint density at radius 3 is 2.68 bits per heavy atom. The molecule has 0 amide bonds. The summed E-state index contributed by atoms with van der Waals surface area (Å²) in [7, 11) is 0. The van der Waals surface area contributed by atoms with Gasteiger partial charge in [-0.3, -0.25) is 14.7 Å². The molecule has 0 saturated carbocycles. The van der Waals surface area contributed by atoms with Gasteiger partial charge in [0.25, 0.3) is 0 Å². The molecule has 5 nitrogen and oxygen atoms in total. The van der Waals surface area contributed by atoms with Crippen LogP contribution in [0.15, 0.2) is 88.4 Å². The van der Waals surface area contributed by atoms with Crippen LogP contribution in [0.2, 0.25) is 0 Å². The van der Waals surface area contributed by atoms with Crippen molar-refractivity contribution in [3.05, 3.63) is 112 Å². The molecular formula is C26H21N3O2. The molecule has 152 valence electrons. The van der Waals surface area contributed by atoms with E-state index in [0.29, 0.717) is 23.1 Å². The molecular weight excluding hydrogens is 386 g/mol. The first-order chi connectivity index (χ1) is 15.3. The lowest BCUT2D eigenvalue weighted by molar-refractivity contribution is 0.197. The Morgan fingerprint density at radius 2 is 1.81 bits per heavy atom. The van der Waals surface area contributed by atoms with Gasteiger partial charge >= 0.3 is 0 Å². The van der Waals surface area contributed by atoms with Gasteiger partial charge in [0.15, 0.2) is 5.43 Å². The van der Waals surface area contributed by atoms with Crippen LogP contribution in [0.3, 0.4) is 0 Å². The molecule has 6 rings (SSSR count). The minimum absolute atomic E-state index is 0.0315. The van der Waals surface area contributed by atoms with Crippen LogP contribution in [-0.2, 0) is 13.0 Å². The number of rotatable bonds is 3. The summed E-state index contributed by atoms with van der Waals surface area (Å²) in [5, 5.41) is 1.89. The highest BCUT2D eigenvalue weighted by molar-refractivity contribution is 5.85. The second-order valence-electron chi connectivity index (χ2n) is 8.03. The van der Waals surface area contributed by atoms with Crippen molar-refractivity contribution in [1.82, 2.24) is 14.9 Å². The van der Waals surface area contributed by atoms with Crippen LogP contribution in [0.1, 0.15) is 28.6 Å². The Bertz CT molecular complexity index is 1450. The van der Waals surface area contributed by atoms with Crippen molar-refractivity contribution >= 4 is 21.9 Å². The number of para-hydroxylation sites is 2. The molecule has 1 N–H and O–H groups in total. The third-order valence-corrected chi connectivity index (χ3v) is 6.23. The van der Waals surface area contributed by atoms with Crippen LogP contribution in [0.4, 0.5) is 0 Å². The molecule has 5 aromatic rings. The Hall–Kier alpha value is -3.70. The molecule has 0 unspecified atom stereocenters. The number of aromatic amines is 1. The quantitative estimate of drug-likeness (QED) is 0.466. The summed E-state index contributed by atoms with van der Waals surface area (Å²) in [6.07, 6.45) is 4.36. The van der Waals surface area contributed by atoms with E-state index in [-0.39, 0.29) is 11.5 Å². The molecule has 4 heterocycles. The number of aromatic nitrogens is 2. The summed E-state index contributed by atoms with van der Waals surface area (Å²) in [5.41, 5.74) is 5.93. The Kier molecular flexibility index (Phi) is 4.21. The van der Waals surface area contributed by atoms with Crippen molar-refractivity contribution in [2.24, 2.45) is 0 Å². The first-order valence-electron chi connectivity index (χ1n) is 10.5. The molecule has 31 heavy (non-hydrogen) atoms. The van der Waals surface area contributed by atoms with E-state index in [1.54, 1.807) is 6.26 Å². The third kappa shape index (κ3) is 2.97. The second kappa shape index (κ2) is 7.22. The Labute approximate surface area is 179 Å². The molecule has 0 aliphatic carbocycles. The summed E-state index contributed by atoms with van der Waals surface area (Å²) in [6.45, 7) is 1.34. The third-order valence-electron chi connectivity index (χ3n) is 6.23. The van der Waals surface area contributed by atoms with Crippen molar-refractivity contribution in [3.63, 3.8) is 0 Å². The highest BCUT2D eigenvalue weighted by atomic mass is 16.3. The monoisotopic (exact) mass is 407 g/mol. The largest absolute Gasteiger partial charge is 0.464 e.